The molecule has 0 aliphatic heterocycles. The average molecular weight is 258 g/mol. The average Bonchev–Trinajstić information content (AvgIpc) is 2.40. The molecule has 0 fully saturated rings. The fourth-order valence-corrected chi connectivity index (χ4v) is 1.82. The van der Waals surface area contributed by atoms with Gasteiger partial charge in [0.1, 0.15) is 12.4 Å². The quantitative estimate of drug-likeness (QED) is 0.859. The number of rotatable bonds is 6. The summed E-state index contributed by atoms with van der Waals surface area (Å²) in [6, 6.07) is 5.96. The summed E-state index contributed by atoms with van der Waals surface area (Å²) < 4.78 is 5.10. The molecule has 5 heteroatoms. The van der Waals surface area contributed by atoms with E-state index in [0.29, 0.717) is 12.4 Å². The van der Waals surface area contributed by atoms with E-state index < -0.39 is 0 Å². The van der Waals surface area contributed by atoms with Gasteiger partial charge in [-0.25, -0.2) is 9.97 Å². The van der Waals surface area contributed by atoms with Gasteiger partial charge in [0.15, 0.2) is 5.82 Å². The first-order valence-electron chi connectivity index (χ1n) is 6.30. The number of nitrogens with zero attached hydrogens (tertiary/aromatic N) is 3. The van der Waals surface area contributed by atoms with E-state index in [1.165, 1.54) is 5.56 Å². The molecule has 0 aromatic carbocycles. The van der Waals surface area contributed by atoms with Crippen molar-refractivity contribution in [3.05, 3.63) is 47.7 Å². The van der Waals surface area contributed by atoms with E-state index >= 15 is 0 Å². The van der Waals surface area contributed by atoms with Gasteiger partial charge >= 0.3 is 0 Å². The van der Waals surface area contributed by atoms with E-state index in [4.69, 9.17) is 4.74 Å². The second-order valence-electron chi connectivity index (χ2n) is 4.16. The predicted octanol–water partition coefficient (Wildman–Crippen LogP) is 2.04. The lowest BCUT2D eigenvalue weighted by molar-refractivity contribution is 0.177. The van der Waals surface area contributed by atoms with Gasteiger partial charge in [-0.1, -0.05) is 0 Å². The zero-order valence-electron chi connectivity index (χ0n) is 11.3. The Hall–Kier alpha value is -2.01. The Morgan fingerprint density at radius 2 is 2.00 bits per heavy atom. The molecule has 2 rings (SSSR count). The van der Waals surface area contributed by atoms with Gasteiger partial charge in [0.05, 0.1) is 5.69 Å². The molecule has 2 aromatic heterocycles. The van der Waals surface area contributed by atoms with Crippen LogP contribution in [-0.4, -0.2) is 28.6 Å². The third kappa shape index (κ3) is 3.99. The van der Waals surface area contributed by atoms with Gasteiger partial charge in [0.25, 0.3) is 0 Å². The first-order chi connectivity index (χ1) is 9.31. The van der Waals surface area contributed by atoms with E-state index in [0.717, 1.165) is 24.5 Å². The zero-order valence-corrected chi connectivity index (χ0v) is 11.3. The molecule has 0 unspecified atom stereocenters. The van der Waals surface area contributed by atoms with Gasteiger partial charge in [-0.3, -0.25) is 4.98 Å². The molecule has 5 nitrogen and oxygen atoms in total. The highest BCUT2D eigenvalue weighted by atomic mass is 16.5. The van der Waals surface area contributed by atoms with Crippen LogP contribution >= 0.6 is 0 Å². The second kappa shape index (κ2) is 6.80. The third-order valence-corrected chi connectivity index (χ3v) is 2.59. The molecule has 2 heterocycles. The van der Waals surface area contributed by atoms with Crippen LogP contribution in [0, 0.1) is 0 Å². The summed E-state index contributed by atoms with van der Waals surface area (Å²) in [5.41, 5.74) is 2.16. The molecule has 19 heavy (non-hydrogen) atoms. The van der Waals surface area contributed by atoms with Gasteiger partial charge in [0.2, 0.25) is 0 Å². The minimum absolute atomic E-state index is 0.419. The molecule has 0 aliphatic carbocycles. The molecular formula is C14H18N4O. The number of ether oxygens (including phenoxy) is 1. The van der Waals surface area contributed by atoms with Crippen LogP contribution < -0.4 is 5.32 Å². The summed E-state index contributed by atoms with van der Waals surface area (Å²) in [5, 5.41) is 3.21. The molecule has 0 saturated heterocycles. The molecular weight excluding hydrogens is 240 g/mol. The van der Waals surface area contributed by atoms with Crippen molar-refractivity contribution in [1.29, 1.82) is 0 Å². The fourth-order valence-electron chi connectivity index (χ4n) is 1.82. The van der Waals surface area contributed by atoms with Crippen LogP contribution in [0.5, 0.6) is 0 Å². The van der Waals surface area contributed by atoms with Crippen molar-refractivity contribution in [2.24, 2.45) is 0 Å². The van der Waals surface area contributed by atoms with E-state index in [2.05, 4.69) is 20.3 Å². The second-order valence-corrected chi connectivity index (χ2v) is 4.16. The molecule has 0 radical (unpaired) electrons. The molecule has 0 saturated carbocycles. The first kappa shape index (κ1) is 13.4. The highest BCUT2D eigenvalue weighted by molar-refractivity contribution is 5.37. The molecule has 2 aromatic rings. The Morgan fingerprint density at radius 3 is 2.68 bits per heavy atom. The number of nitrogens with one attached hydrogen (secondary N) is 1. The van der Waals surface area contributed by atoms with Crippen LogP contribution in [0.2, 0.25) is 0 Å². The van der Waals surface area contributed by atoms with Crippen molar-refractivity contribution in [2.75, 3.05) is 19.0 Å². The van der Waals surface area contributed by atoms with Crippen LogP contribution in [0.3, 0.4) is 0 Å². The van der Waals surface area contributed by atoms with Crippen LogP contribution in [0.1, 0.15) is 24.0 Å². The van der Waals surface area contributed by atoms with Crippen LogP contribution in [-0.2, 0) is 17.8 Å². The largest absolute Gasteiger partial charge is 0.377 e. The summed E-state index contributed by atoms with van der Waals surface area (Å²) in [7, 11) is 1.64. The maximum atomic E-state index is 5.10. The third-order valence-electron chi connectivity index (χ3n) is 2.59. The first-order valence-corrected chi connectivity index (χ1v) is 6.30. The van der Waals surface area contributed by atoms with E-state index in [9.17, 15) is 0 Å². The number of pyridine rings is 1. The Balaban J connectivity index is 2.23. The normalized spacial score (nSPS) is 10.4. The van der Waals surface area contributed by atoms with Gasteiger partial charge in [-0.15, -0.1) is 0 Å². The highest BCUT2D eigenvalue weighted by Gasteiger charge is 2.05. The van der Waals surface area contributed by atoms with Crippen molar-refractivity contribution in [2.45, 2.75) is 20.0 Å². The maximum Gasteiger partial charge on any atom is 0.156 e. The summed E-state index contributed by atoms with van der Waals surface area (Å²) in [6.07, 6.45) is 4.34. The van der Waals surface area contributed by atoms with E-state index in [-0.39, 0.29) is 0 Å². The Labute approximate surface area is 113 Å². The lowest BCUT2D eigenvalue weighted by Gasteiger charge is -2.08. The number of anilines is 1. The Kier molecular flexibility index (Phi) is 4.80. The molecule has 0 bridgehead atoms. The number of hydrogen-bond donors (Lipinski definition) is 1. The lowest BCUT2D eigenvalue weighted by Crippen LogP contribution is -2.07. The van der Waals surface area contributed by atoms with Crippen molar-refractivity contribution in [1.82, 2.24) is 15.0 Å². The minimum atomic E-state index is 0.419. The molecule has 0 aliphatic rings. The summed E-state index contributed by atoms with van der Waals surface area (Å²) in [4.78, 5) is 12.9. The summed E-state index contributed by atoms with van der Waals surface area (Å²) in [5.74, 6) is 1.54. The Morgan fingerprint density at radius 1 is 1.21 bits per heavy atom. The fraction of sp³-hybridized carbons (Fsp3) is 0.357. The number of methoxy groups -OCH3 is 1. The SMILES string of the molecule is CCNc1cc(Cc2ccncc2)nc(COC)n1. The van der Waals surface area contributed by atoms with Crippen molar-refractivity contribution in [3.63, 3.8) is 0 Å². The molecule has 0 amide bonds. The van der Waals surface area contributed by atoms with Crippen molar-refractivity contribution in [3.8, 4) is 0 Å². The van der Waals surface area contributed by atoms with Crippen LogP contribution in [0.25, 0.3) is 0 Å². The zero-order chi connectivity index (χ0) is 13.5. The molecule has 0 spiro atoms. The van der Waals surface area contributed by atoms with Crippen LogP contribution in [0.15, 0.2) is 30.6 Å². The molecule has 1 N–H and O–H groups in total. The standard InChI is InChI=1S/C14H18N4O/c1-3-16-13-9-12(17-14(18-13)10-19-2)8-11-4-6-15-7-5-11/h4-7,9H,3,8,10H2,1-2H3,(H,16,17,18). The maximum absolute atomic E-state index is 5.10. The molecule has 100 valence electrons. The van der Waals surface area contributed by atoms with Crippen molar-refractivity contribution >= 4 is 5.82 Å². The van der Waals surface area contributed by atoms with Crippen molar-refractivity contribution < 1.29 is 4.74 Å². The van der Waals surface area contributed by atoms with Crippen LogP contribution in [0.4, 0.5) is 5.82 Å². The minimum Gasteiger partial charge on any atom is -0.377 e. The smallest absolute Gasteiger partial charge is 0.156 e. The van der Waals surface area contributed by atoms with E-state index in [1.54, 1.807) is 19.5 Å². The van der Waals surface area contributed by atoms with Gasteiger partial charge in [-0.2, -0.15) is 0 Å². The summed E-state index contributed by atoms with van der Waals surface area (Å²) in [6.45, 7) is 3.29. The monoisotopic (exact) mass is 258 g/mol. The Bertz CT molecular complexity index is 492. The van der Waals surface area contributed by atoms with Gasteiger partial charge in [0, 0.05) is 38.5 Å². The molecule has 0 atom stereocenters. The van der Waals surface area contributed by atoms with Gasteiger partial charge < -0.3 is 10.1 Å². The number of hydrogen-bond acceptors (Lipinski definition) is 5. The van der Waals surface area contributed by atoms with Gasteiger partial charge in [-0.05, 0) is 24.6 Å². The topological polar surface area (TPSA) is 59.9 Å². The highest BCUT2D eigenvalue weighted by Crippen LogP contribution is 2.12. The van der Waals surface area contributed by atoms with E-state index in [1.807, 2.05) is 25.1 Å². The number of aromatic nitrogens is 3. The predicted molar refractivity (Wildman–Crippen MR) is 74.0 cm³/mol. The lowest BCUT2D eigenvalue weighted by atomic mass is 10.1. The summed E-state index contributed by atoms with van der Waals surface area (Å²) >= 11 is 0.